The van der Waals surface area contributed by atoms with Crippen LogP contribution in [0.4, 0.5) is 0 Å². The molecule has 1 unspecified atom stereocenters. The smallest absolute Gasteiger partial charge is 0.253 e. The van der Waals surface area contributed by atoms with Gasteiger partial charge in [-0.25, -0.2) is 4.98 Å². The number of hydrogen-bond donors (Lipinski definition) is 0. The van der Waals surface area contributed by atoms with E-state index in [-0.39, 0.29) is 11.9 Å². The van der Waals surface area contributed by atoms with Crippen molar-refractivity contribution in [2.75, 3.05) is 26.2 Å². The number of carbonyl (C=O) groups excluding carboxylic acids is 1. The number of halogens is 1. The van der Waals surface area contributed by atoms with Crippen LogP contribution in [0.25, 0.3) is 10.2 Å². The molecule has 6 heteroatoms. The van der Waals surface area contributed by atoms with Gasteiger partial charge in [-0.3, -0.25) is 9.69 Å². The Morgan fingerprint density at radius 3 is 2.62 bits per heavy atom. The lowest BCUT2D eigenvalue weighted by Gasteiger charge is -2.37. The summed E-state index contributed by atoms with van der Waals surface area (Å²) in [5.74, 6) is 0.135. The SMILES string of the molecule is CC(c1nc2ccccc2s1)N1CCN(C(=O)c2cccc(I)c2)CC1. The second-order valence-corrected chi connectivity index (χ2v) is 8.84. The largest absolute Gasteiger partial charge is 0.336 e. The highest BCUT2D eigenvalue weighted by Crippen LogP contribution is 2.30. The average molecular weight is 477 g/mol. The topological polar surface area (TPSA) is 36.4 Å². The highest BCUT2D eigenvalue weighted by atomic mass is 127. The van der Waals surface area contributed by atoms with Crippen molar-refractivity contribution >= 4 is 50.1 Å². The summed E-state index contributed by atoms with van der Waals surface area (Å²) < 4.78 is 2.33. The molecule has 0 N–H and O–H groups in total. The van der Waals surface area contributed by atoms with Crippen LogP contribution in [0.1, 0.15) is 28.3 Å². The van der Waals surface area contributed by atoms with Crippen molar-refractivity contribution in [2.45, 2.75) is 13.0 Å². The van der Waals surface area contributed by atoms with E-state index in [1.54, 1.807) is 11.3 Å². The monoisotopic (exact) mass is 477 g/mol. The van der Waals surface area contributed by atoms with Crippen LogP contribution in [-0.2, 0) is 0 Å². The van der Waals surface area contributed by atoms with Crippen LogP contribution < -0.4 is 0 Å². The molecule has 1 atom stereocenters. The van der Waals surface area contributed by atoms with E-state index in [1.807, 2.05) is 35.2 Å². The van der Waals surface area contributed by atoms with Crippen LogP contribution in [0, 0.1) is 3.57 Å². The quantitative estimate of drug-likeness (QED) is 0.525. The molecule has 0 bridgehead atoms. The third kappa shape index (κ3) is 3.63. The highest BCUT2D eigenvalue weighted by Gasteiger charge is 2.26. The van der Waals surface area contributed by atoms with E-state index >= 15 is 0 Å². The molecule has 26 heavy (non-hydrogen) atoms. The fraction of sp³-hybridized carbons (Fsp3) is 0.300. The number of amides is 1. The van der Waals surface area contributed by atoms with Gasteiger partial charge in [0, 0.05) is 35.3 Å². The predicted octanol–water partition coefficient (Wildman–Crippen LogP) is 4.42. The molecule has 0 radical (unpaired) electrons. The first kappa shape index (κ1) is 17.9. The van der Waals surface area contributed by atoms with E-state index in [1.165, 1.54) is 4.70 Å². The second-order valence-electron chi connectivity index (χ2n) is 6.53. The lowest BCUT2D eigenvalue weighted by atomic mass is 10.1. The van der Waals surface area contributed by atoms with Crippen LogP contribution >= 0.6 is 33.9 Å². The number of fused-ring (bicyclic) bond motifs is 1. The van der Waals surface area contributed by atoms with Crippen molar-refractivity contribution in [3.8, 4) is 0 Å². The minimum Gasteiger partial charge on any atom is -0.336 e. The van der Waals surface area contributed by atoms with Crippen LogP contribution in [0.2, 0.25) is 0 Å². The van der Waals surface area contributed by atoms with Gasteiger partial charge in [0.25, 0.3) is 5.91 Å². The fourth-order valence-electron chi connectivity index (χ4n) is 3.34. The summed E-state index contributed by atoms with van der Waals surface area (Å²) in [6, 6.07) is 16.4. The zero-order valence-corrected chi connectivity index (χ0v) is 17.5. The summed E-state index contributed by atoms with van der Waals surface area (Å²) in [5, 5.41) is 1.16. The molecule has 1 fully saturated rings. The number of carbonyl (C=O) groups is 1. The zero-order chi connectivity index (χ0) is 18.1. The minimum atomic E-state index is 0.135. The molecule has 4 rings (SSSR count). The van der Waals surface area contributed by atoms with Crippen LogP contribution in [0.5, 0.6) is 0 Å². The standard InChI is InChI=1S/C20H20IN3OS/c1-14(19-22-17-7-2-3-8-18(17)26-19)23-9-11-24(12-10-23)20(25)15-5-4-6-16(21)13-15/h2-8,13-14H,9-12H2,1H3. The van der Waals surface area contributed by atoms with E-state index in [9.17, 15) is 4.79 Å². The third-order valence-corrected chi connectivity index (χ3v) is 6.77. The Hall–Kier alpha value is -1.51. The van der Waals surface area contributed by atoms with Gasteiger partial charge in [-0.05, 0) is 59.8 Å². The lowest BCUT2D eigenvalue weighted by Crippen LogP contribution is -2.49. The van der Waals surface area contributed by atoms with Gasteiger partial charge in [-0.2, -0.15) is 0 Å². The first-order valence-corrected chi connectivity index (χ1v) is 10.7. The predicted molar refractivity (Wildman–Crippen MR) is 115 cm³/mol. The maximum absolute atomic E-state index is 12.7. The van der Waals surface area contributed by atoms with Gasteiger partial charge in [0.15, 0.2) is 0 Å². The molecular formula is C20H20IN3OS. The van der Waals surface area contributed by atoms with Crippen molar-refractivity contribution in [1.29, 1.82) is 0 Å². The summed E-state index contributed by atoms with van der Waals surface area (Å²) in [6.07, 6.45) is 0. The molecule has 1 amide bonds. The Kier molecular flexibility index (Phi) is 5.24. The molecule has 2 aromatic carbocycles. The Bertz CT molecular complexity index is 900. The molecule has 134 valence electrons. The van der Waals surface area contributed by atoms with E-state index in [0.717, 1.165) is 45.8 Å². The van der Waals surface area contributed by atoms with Gasteiger partial charge in [-0.1, -0.05) is 18.2 Å². The van der Waals surface area contributed by atoms with E-state index in [0.29, 0.717) is 0 Å². The van der Waals surface area contributed by atoms with Crippen molar-refractivity contribution in [2.24, 2.45) is 0 Å². The van der Waals surface area contributed by atoms with Gasteiger partial charge >= 0.3 is 0 Å². The number of aromatic nitrogens is 1. The molecule has 1 aliphatic heterocycles. The number of hydrogen-bond acceptors (Lipinski definition) is 4. The van der Waals surface area contributed by atoms with Gasteiger partial charge < -0.3 is 4.90 Å². The Labute approximate surface area is 171 Å². The van der Waals surface area contributed by atoms with Crippen molar-refractivity contribution < 1.29 is 4.79 Å². The number of thiazole rings is 1. The molecule has 1 saturated heterocycles. The molecule has 1 aliphatic rings. The van der Waals surface area contributed by atoms with E-state index in [4.69, 9.17) is 4.98 Å². The molecule has 1 aromatic heterocycles. The molecule has 0 aliphatic carbocycles. The summed E-state index contributed by atoms with van der Waals surface area (Å²) in [6.45, 7) is 5.51. The second kappa shape index (κ2) is 7.62. The summed E-state index contributed by atoms with van der Waals surface area (Å²) in [7, 11) is 0. The first-order valence-electron chi connectivity index (χ1n) is 8.76. The van der Waals surface area contributed by atoms with Crippen molar-refractivity contribution in [3.63, 3.8) is 0 Å². The molecular weight excluding hydrogens is 457 g/mol. The lowest BCUT2D eigenvalue weighted by molar-refractivity contribution is 0.0582. The fourth-order valence-corrected chi connectivity index (χ4v) is 4.94. The maximum Gasteiger partial charge on any atom is 0.253 e. The van der Waals surface area contributed by atoms with Crippen molar-refractivity contribution in [3.05, 3.63) is 62.7 Å². The number of para-hydroxylation sites is 1. The molecule has 2 heterocycles. The van der Waals surface area contributed by atoms with Crippen LogP contribution in [0.3, 0.4) is 0 Å². The van der Waals surface area contributed by atoms with Gasteiger partial charge in [-0.15, -0.1) is 11.3 Å². The number of rotatable bonds is 3. The molecule has 0 spiro atoms. The number of benzene rings is 2. The number of piperazine rings is 1. The normalized spacial score (nSPS) is 16.8. The molecule has 4 nitrogen and oxygen atoms in total. The summed E-state index contributed by atoms with van der Waals surface area (Å²) >= 11 is 4.02. The molecule has 3 aromatic rings. The minimum absolute atomic E-state index is 0.135. The van der Waals surface area contributed by atoms with Gasteiger partial charge in [0.2, 0.25) is 0 Å². The highest BCUT2D eigenvalue weighted by molar-refractivity contribution is 14.1. The Morgan fingerprint density at radius 1 is 1.12 bits per heavy atom. The summed E-state index contributed by atoms with van der Waals surface area (Å²) in [4.78, 5) is 21.9. The maximum atomic E-state index is 12.7. The zero-order valence-electron chi connectivity index (χ0n) is 14.6. The molecule has 0 saturated carbocycles. The van der Waals surface area contributed by atoms with E-state index < -0.39 is 0 Å². The average Bonchev–Trinajstić information content (AvgIpc) is 3.11. The van der Waals surface area contributed by atoms with Crippen LogP contribution in [-0.4, -0.2) is 46.9 Å². The number of nitrogens with zero attached hydrogens (tertiary/aromatic N) is 3. The van der Waals surface area contributed by atoms with E-state index in [2.05, 4.69) is 52.6 Å². The third-order valence-electron chi connectivity index (χ3n) is 4.89. The van der Waals surface area contributed by atoms with Gasteiger partial charge in [0.1, 0.15) is 5.01 Å². The Morgan fingerprint density at radius 2 is 1.88 bits per heavy atom. The summed E-state index contributed by atoms with van der Waals surface area (Å²) in [5.41, 5.74) is 1.86. The van der Waals surface area contributed by atoms with Crippen molar-refractivity contribution in [1.82, 2.24) is 14.8 Å². The van der Waals surface area contributed by atoms with Gasteiger partial charge in [0.05, 0.1) is 16.3 Å². The Balaban J connectivity index is 1.42. The first-order chi connectivity index (χ1) is 12.6. The van der Waals surface area contributed by atoms with Crippen LogP contribution in [0.15, 0.2) is 48.5 Å².